The molecule has 0 radical (unpaired) electrons. The van der Waals surface area contributed by atoms with Gasteiger partial charge in [0.05, 0.1) is 6.04 Å². The predicted octanol–water partition coefficient (Wildman–Crippen LogP) is 5.11. The molecule has 2 nitrogen and oxygen atoms in total. The van der Waals surface area contributed by atoms with E-state index in [2.05, 4.69) is 0 Å². The van der Waals surface area contributed by atoms with Crippen molar-refractivity contribution in [1.29, 1.82) is 0 Å². The lowest BCUT2D eigenvalue weighted by atomic mass is 9.96. The van der Waals surface area contributed by atoms with Crippen LogP contribution in [0.15, 0.2) is 97.1 Å². The van der Waals surface area contributed by atoms with Gasteiger partial charge in [0, 0.05) is 43.5 Å². The maximum atomic E-state index is 8.92. The Morgan fingerprint density at radius 3 is 1.75 bits per heavy atom. The molecule has 0 aromatic heterocycles. The molecule has 3 aromatic carbocycles. The van der Waals surface area contributed by atoms with Crippen LogP contribution in [-0.4, -0.2) is 42.3 Å². The van der Waals surface area contributed by atoms with Crippen molar-refractivity contribution in [1.82, 2.24) is 9.80 Å². The van der Waals surface area contributed by atoms with E-state index in [1.165, 1.54) is 6.08 Å². The Hall–Kier alpha value is -2.68. The molecule has 1 aliphatic heterocycles. The lowest BCUT2D eigenvalue weighted by Gasteiger charge is -2.39. The van der Waals surface area contributed by atoms with Gasteiger partial charge in [-0.05, 0) is 16.7 Å². The molecule has 0 aliphatic carbocycles. The summed E-state index contributed by atoms with van der Waals surface area (Å²) in [7, 11) is 0. The van der Waals surface area contributed by atoms with Gasteiger partial charge in [-0.1, -0.05) is 103 Å². The molecule has 0 unspecified atom stereocenters. The average molecular weight is 377 g/mol. The molecule has 1 heterocycles. The van der Waals surface area contributed by atoms with Gasteiger partial charge in [0.1, 0.15) is 0 Å². The van der Waals surface area contributed by atoms with Gasteiger partial charge in [0.15, 0.2) is 0 Å². The van der Waals surface area contributed by atoms with Crippen molar-refractivity contribution in [2.24, 2.45) is 0 Å². The van der Waals surface area contributed by atoms with Gasteiger partial charge in [-0.15, -0.1) is 0 Å². The number of piperazine rings is 1. The first kappa shape index (κ1) is 11.4. The predicted molar refractivity (Wildman–Crippen MR) is 118 cm³/mol. The quantitative estimate of drug-likeness (QED) is 0.590. The van der Waals surface area contributed by atoms with Crippen molar-refractivity contribution in [3.8, 4) is 0 Å². The van der Waals surface area contributed by atoms with E-state index in [0.717, 1.165) is 10.5 Å². The van der Waals surface area contributed by atoms with Crippen LogP contribution in [0.4, 0.5) is 0 Å². The lowest BCUT2D eigenvalue weighted by Crippen LogP contribution is -2.47. The fourth-order valence-electron chi connectivity index (χ4n) is 3.12. The maximum absolute atomic E-state index is 8.92. The molecule has 3 aromatic rings. The molecule has 4 rings (SSSR count). The number of benzene rings is 3. The number of hydrogen-bond acceptors (Lipinski definition) is 2. The number of rotatable bonds is 6. The van der Waals surface area contributed by atoms with Crippen molar-refractivity contribution in [3.63, 3.8) is 0 Å². The van der Waals surface area contributed by atoms with Crippen molar-refractivity contribution >= 4 is 6.08 Å². The van der Waals surface area contributed by atoms with Crippen LogP contribution in [0.5, 0.6) is 0 Å². The molecule has 0 amide bonds. The monoisotopic (exact) mass is 376 g/mol. The zero-order valence-electron chi connectivity index (χ0n) is 23.5. The fourth-order valence-corrected chi connectivity index (χ4v) is 3.12. The summed E-state index contributed by atoms with van der Waals surface area (Å²) in [5.41, 5.74) is 1.87. The highest BCUT2D eigenvalue weighted by Crippen LogP contribution is 2.29. The number of hydrogen-bond donors (Lipinski definition) is 0. The Morgan fingerprint density at radius 1 is 0.714 bits per heavy atom. The first-order chi connectivity index (χ1) is 16.9. The highest BCUT2D eigenvalue weighted by Gasteiger charge is 2.25. The zero-order chi connectivity index (χ0) is 26.2. The topological polar surface area (TPSA) is 6.48 Å². The highest BCUT2D eigenvalue weighted by atomic mass is 15.3. The van der Waals surface area contributed by atoms with Crippen molar-refractivity contribution in [3.05, 3.63) is 114 Å². The van der Waals surface area contributed by atoms with E-state index < -0.39 is 32.0 Å². The molecule has 0 spiro atoms. The lowest BCUT2D eigenvalue weighted by molar-refractivity contribution is 0.118. The van der Waals surface area contributed by atoms with Crippen LogP contribution in [0.1, 0.15) is 33.7 Å². The van der Waals surface area contributed by atoms with Crippen molar-refractivity contribution in [2.45, 2.75) is 6.04 Å². The SMILES string of the molecule is [2H]C1([2H])N(C/C=C\c2ccccc2)C([2H])([2H])C([2H])([2H])N(C(c2ccccc2)c2ccccc2)C1([2H])[2H]. The summed E-state index contributed by atoms with van der Waals surface area (Å²) in [5.74, 6) is 0. The second-order valence-electron chi connectivity index (χ2n) is 6.46. The summed E-state index contributed by atoms with van der Waals surface area (Å²) in [5, 5.41) is 0. The third-order valence-corrected chi connectivity index (χ3v) is 4.50. The molecule has 0 atom stereocenters. The Balaban J connectivity index is 1.82. The molecule has 0 bridgehead atoms. The molecule has 1 aliphatic rings. The first-order valence-electron chi connectivity index (χ1n) is 13.3. The third-order valence-electron chi connectivity index (χ3n) is 4.50. The summed E-state index contributed by atoms with van der Waals surface area (Å²) in [6.07, 6.45) is 3.21. The highest BCUT2D eigenvalue weighted by molar-refractivity contribution is 5.48. The molecule has 2 heteroatoms. The second-order valence-corrected chi connectivity index (χ2v) is 6.46. The molecule has 0 N–H and O–H groups in total. The summed E-state index contributed by atoms with van der Waals surface area (Å²) >= 11 is 0. The van der Waals surface area contributed by atoms with Crippen LogP contribution in [0.25, 0.3) is 6.08 Å². The summed E-state index contributed by atoms with van der Waals surface area (Å²) in [4.78, 5) is 1.37. The van der Waals surface area contributed by atoms with Crippen LogP contribution >= 0.6 is 0 Å². The van der Waals surface area contributed by atoms with Gasteiger partial charge in [-0.2, -0.15) is 0 Å². The molecular weight excluding hydrogens is 340 g/mol. The average Bonchev–Trinajstić information content (AvgIpc) is 2.85. The van der Waals surface area contributed by atoms with Crippen LogP contribution in [0, 0.1) is 0 Å². The fraction of sp³-hybridized carbons (Fsp3) is 0.231. The van der Waals surface area contributed by atoms with E-state index in [1.807, 2.05) is 30.3 Å². The maximum Gasteiger partial charge on any atom is 0.0602 e. The van der Waals surface area contributed by atoms with Gasteiger partial charge in [-0.3, -0.25) is 9.80 Å². The summed E-state index contributed by atoms with van der Waals surface area (Å²) in [6.45, 7) is -11.9. The normalized spacial score (nSPS) is 27.5. The van der Waals surface area contributed by atoms with Gasteiger partial charge in [-0.25, -0.2) is 0 Å². The van der Waals surface area contributed by atoms with Gasteiger partial charge >= 0.3 is 0 Å². The van der Waals surface area contributed by atoms with Crippen molar-refractivity contribution < 1.29 is 11.0 Å². The smallest absolute Gasteiger partial charge is 0.0602 e. The zero-order valence-corrected chi connectivity index (χ0v) is 15.5. The molecule has 1 saturated heterocycles. The van der Waals surface area contributed by atoms with Crippen molar-refractivity contribution in [2.75, 3.05) is 32.5 Å². The minimum absolute atomic E-state index is 0.330. The van der Waals surface area contributed by atoms with E-state index in [0.29, 0.717) is 16.0 Å². The summed E-state index contributed by atoms with van der Waals surface area (Å²) in [6, 6.07) is 25.5. The Morgan fingerprint density at radius 2 is 1.21 bits per heavy atom. The third kappa shape index (κ3) is 4.78. The van der Waals surface area contributed by atoms with Gasteiger partial charge in [0.25, 0.3) is 0 Å². The van der Waals surface area contributed by atoms with Crippen LogP contribution in [0.3, 0.4) is 0 Å². The van der Waals surface area contributed by atoms with E-state index in [4.69, 9.17) is 11.0 Å². The second kappa shape index (κ2) is 9.50. The Kier molecular flexibility index (Phi) is 3.85. The Labute approximate surface area is 180 Å². The van der Waals surface area contributed by atoms with E-state index in [-0.39, 0.29) is 6.54 Å². The summed E-state index contributed by atoms with van der Waals surface area (Å²) < 4.78 is 70.8. The van der Waals surface area contributed by atoms with E-state index in [1.54, 1.807) is 66.7 Å². The number of nitrogens with zero attached hydrogens (tertiary/aromatic N) is 2. The molecule has 1 fully saturated rings. The molecular formula is C26H28N2. The molecule has 0 saturated carbocycles. The van der Waals surface area contributed by atoms with E-state index in [9.17, 15) is 0 Å². The molecule has 142 valence electrons. The van der Waals surface area contributed by atoms with Crippen LogP contribution < -0.4 is 0 Å². The first-order valence-corrected chi connectivity index (χ1v) is 9.31. The molecule has 28 heavy (non-hydrogen) atoms. The van der Waals surface area contributed by atoms with Gasteiger partial charge < -0.3 is 0 Å². The Bertz CT molecular complexity index is 1120. The van der Waals surface area contributed by atoms with Crippen LogP contribution in [-0.2, 0) is 0 Å². The van der Waals surface area contributed by atoms with Crippen LogP contribution in [0.2, 0.25) is 0 Å². The van der Waals surface area contributed by atoms with Gasteiger partial charge in [0.2, 0.25) is 0 Å². The minimum Gasteiger partial charge on any atom is -0.297 e. The minimum atomic E-state index is -2.92. The standard InChI is InChI=1S/C26H28N2/c1-4-11-23(12-5-1)13-10-18-27-19-21-28(22-20-27)26(24-14-6-2-7-15-24)25-16-8-3-9-17-25/h1-17,26H,18-22H2/b13-10-/i19D2,20D2,21D2,22D2. The largest absolute Gasteiger partial charge is 0.297 e. The van der Waals surface area contributed by atoms with E-state index >= 15 is 0 Å².